The van der Waals surface area contributed by atoms with Crippen LogP contribution in [0, 0.1) is 5.82 Å². The second-order valence-electron chi connectivity index (χ2n) is 3.36. The summed E-state index contributed by atoms with van der Waals surface area (Å²) < 4.78 is 13.6. The maximum atomic E-state index is 13.6. The van der Waals surface area contributed by atoms with Crippen LogP contribution in [0.15, 0.2) is 18.2 Å². The van der Waals surface area contributed by atoms with Crippen LogP contribution in [0.5, 0.6) is 0 Å². The van der Waals surface area contributed by atoms with Crippen LogP contribution in [0.3, 0.4) is 0 Å². The van der Waals surface area contributed by atoms with Gasteiger partial charge in [0.15, 0.2) is 6.29 Å². The zero-order valence-electron chi connectivity index (χ0n) is 8.44. The van der Waals surface area contributed by atoms with Crippen molar-refractivity contribution in [3.63, 3.8) is 0 Å². The third-order valence-corrected chi connectivity index (χ3v) is 2.49. The van der Waals surface area contributed by atoms with Crippen molar-refractivity contribution < 1.29 is 19.4 Å². The molecule has 0 spiro atoms. The predicted octanol–water partition coefficient (Wildman–Crippen LogP) is 1.66. The number of hydrogen-bond acceptors (Lipinski definition) is 3. The van der Waals surface area contributed by atoms with E-state index >= 15 is 0 Å². The zero-order valence-corrected chi connectivity index (χ0v) is 9.19. The Hall–Kier alpha value is -0.970. The Labute approximate surface area is 97.5 Å². The minimum atomic E-state index is -1.38. The van der Waals surface area contributed by atoms with Gasteiger partial charge in [-0.1, -0.05) is 12.1 Å². The standard InChI is InChI=1S/C11H12ClFO3/c12-5-4-9(15)11(16)8-3-1-2-7(6-14)10(8)13/h1-3,6,9,11,15-16H,4-5H2. The minimum Gasteiger partial charge on any atom is -0.390 e. The molecular formula is C11H12ClFO3. The highest BCUT2D eigenvalue weighted by molar-refractivity contribution is 6.17. The van der Waals surface area contributed by atoms with E-state index in [0.29, 0.717) is 6.29 Å². The second kappa shape index (κ2) is 5.94. The number of carbonyl (C=O) groups is 1. The molecule has 5 heteroatoms. The summed E-state index contributed by atoms with van der Waals surface area (Å²) in [5.74, 6) is -0.647. The molecule has 1 aromatic carbocycles. The normalized spacial score (nSPS) is 14.5. The SMILES string of the molecule is O=Cc1cccc(C(O)C(O)CCCl)c1F. The van der Waals surface area contributed by atoms with Gasteiger partial charge < -0.3 is 10.2 Å². The first-order valence-electron chi connectivity index (χ1n) is 4.77. The second-order valence-corrected chi connectivity index (χ2v) is 3.74. The van der Waals surface area contributed by atoms with E-state index in [1.165, 1.54) is 18.2 Å². The van der Waals surface area contributed by atoms with Gasteiger partial charge in [-0.05, 0) is 12.5 Å². The fraction of sp³-hybridized carbons (Fsp3) is 0.364. The van der Waals surface area contributed by atoms with Gasteiger partial charge in [-0.25, -0.2) is 4.39 Å². The first-order valence-corrected chi connectivity index (χ1v) is 5.31. The molecule has 0 saturated carbocycles. The van der Waals surface area contributed by atoms with Crippen molar-refractivity contribution in [1.29, 1.82) is 0 Å². The monoisotopic (exact) mass is 246 g/mol. The van der Waals surface area contributed by atoms with Crippen LogP contribution in [-0.2, 0) is 0 Å². The summed E-state index contributed by atoms with van der Waals surface area (Å²) in [4.78, 5) is 10.5. The van der Waals surface area contributed by atoms with Crippen molar-refractivity contribution in [2.45, 2.75) is 18.6 Å². The number of aldehydes is 1. The highest BCUT2D eigenvalue weighted by Gasteiger charge is 2.22. The lowest BCUT2D eigenvalue weighted by molar-refractivity contribution is 0.0149. The largest absolute Gasteiger partial charge is 0.390 e. The average Bonchev–Trinajstić information content (AvgIpc) is 2.29. The van der Waals surface area contributed by atoms with Crippen molar-refractivity contribution in [3.05, 3.63) is 35.1 Å². The molecule has 0 aromatic heterocycles. The molecule has 0 aliphatic carbocycles. The van der Waals surface area contributed by atoms with Gasteiger partial charge in [-0.3, -0.25) is 4.79 Å². The summed E-state index contributed by atoms with van der Waals surface area (Å²) in [6.45, 7) is 0. The third-order valence-electron chi connectivity index (χ3n) is 2.27. The van der Waals surface area contributed by atoms with E-state index in [1.807, 2.05) is 0 Å². The van der Waals surface area contributed by atoms with Gasteiger partial charge in [0.2, 0.25) is 0 Å². The van der Waals surface area contributed by atoms with Crippen molar-refractivity contribution in [2.75, 3.05) is 5.88 Å². The maximum absolute atomic E-state index is 13.6. The van der Waals surface area contributed by atoms with Crippen LogP contribution in [-0.4, -0.2) is 28.5 Å². The van der Waals surface area contributed by atoms with Crippen LogP contribution in [0.4, 0.5) is 4.39 Å². The van der Waals surface area contributed by atoms with Gasteiger partial charge in [0.05, 0.1) is 11.7 Å². The first-order chi connectivity index (χ1) is 7.61. The van der Waals surface area contributed by atoms with E-state index in [2.05, 4.69) is 0 Å². The molecule has 2 unspecified atom stereocenters. The van der Waals surface area contributed by atoms with Crippen LogP contribution in [0.25, 0.3) is 0 Å². The smallest absolute Gasteiger partial charge is 0.153 e. The van der Waals surface area contributed by atoms with Crippen LogP contribution < -0.4 is 0 Å². The fourth-order valence-electron chi connectivity index (χ4n) is 1.36. The molecule has 0 aliphatic heterocycles. The van der Waals surface area contributed by atoms with E-state index in [0.717, 1.165) is 0 Å². The number of hydrogen-bond donors (Lipinski definition) is 2. The van der Waals surface area contributed by atoms with Crippen molar-refractivity contribution in [1.82, 2.24) is 0 Å². The molecule has 0 bridgehead atoms. The lowest BCUT2D eigenvalue weighted by Gasteiger charge is -2.18. The van der Waals surface area contributed by atoms with Crippen LogP contribution in [0.2, 0.25) is 0 Å². The summed E-state index contributed by atoms with van der Waals surface area (Å²) in [5.41, 5.74) is -0.239. The molecule has 0 fully saturated rings. The van der Waals surface area contributed by atoms with Crippen molar-refractivity contribution in [3.8, 4) is 0 Å². The number of benzene rings is 1. The lowest BCUT2D eigenvalue weighted by atomic mass is 10.00. The zero-order chi connectivity index (χ0) is 12.1. The maximum Gasteiger partial charge on any atom is 0.153 e. The average molecular weight is 247 g/mol. The Bertz CT molecular complexity index is 370. The number of rotatable bonds is 5. The van der Waals surface area contributed by atoms with E-state index in [9.17, 15) is 19.4 Å². The number of halogens is 2. The van der Waals surface area contributed by atoms with Crippen LogP contribution in [0.1, 0.15) is 28.4 Å². The highest BCUT2D eigenvalue weighted by Crippen LogP contribution is 2.23. The molecule has 2 N–H and O–H groups in total. The molecule has 0 amide bonds. The van der Waals surface area contributed by atoms with Gasteiger partial charge in [-0.15, -0.1) is 11.6 Å². The number of aliphatic hydroxyl groups excluding tert-OH is 2. The van der Waals surface area contributed by atoms with E-state index in [1.54, 1.807) is 0 Å². The lowest BCUT2D eigenvalue weighted by Crippen LogP contribution is -2.20. The molecule has 1 rings (SSSR count). The van der Waals surface area contributed by atoms with Crippen molar-refractivity contribution >= 4 is 17.9 Å². The summed E-state index contributed by atoms with van der Waals surface area (Å²) in [5, 5.41) is 19.1. The summed E-state index contributed by atoms with van der Waals surface area (Å²) in [7, 11) is 0. The summed E-state index contributed by atoms with van der Waals surface area (Å²) in [6.07, 6.45) is -2.01. The third kappa shape index (κ3) is 2.78. The van der Waals surface area contributed by atoms with Crippen molar-refractivity contribution in [2.24, 2.45) is 0 Å². The molecular weight excluding hydrogens is 235 g/mol. The minimum absolute atomic E-state index is 0.0952. The molecule has 3 nitrogen and oxygen atoms in total. The van der Waals surface area contributed by atoms with E-state index < -0.39 is 18.0 Å². The predicted molar refractivity (Wildman–Crippen MR) is 58.1 cm³/mol. The Morgan fingerprint density at radius 1 is 1.44 bits per heavy atom. The summed E-state index contributed by atoms with van der Waals surface area (Å²) in [6, 6.07) is 4.07. The Morgan fingerprint density at radius 3 is 2.69 bits per heavy atom. The van der Waals surface area contributed by atoms with E-state index in [4.69, 9.17) is 11.6 Å². The molecule has 88 valence electrons. The first kappa shape index (κ1) is 13.1. The summed E-state index contributed by atoms with van der Waals surface area (Å²) >= 11 is 5.41. The number of aliphatic hydroxyl groups is 2. The highest BCUT2D eigenvalue weighted by atomic mass is 35.5. The topological polar surface area (TPSA) is 57.5 Å². The molecule has 2 atom stereocenters. The van der Waals surface area contributed by atoms with Gasteiger partial charge in [-0.2, -0.15) is 0 Å². The fourth-order valence-corrected chi connectivity index (χ4v) is 1.59. The van der Waals surface area contributed by atoms with Gasteiger partial charge >= 0.3 is 0 Å². The molecule has 0 radical (unpaired) electrons. The molecule has 0 heterocycles. The quantitative estimate of drug-likeness (QED) is 0.614. The molecule has 0 aliphatic rings. The molecule has 0 saturated heterocycles. The van der Waals surface area contributed by atoms with Gasteiger partial charge in [0, 0.05) is 11.4 Å². The number of alkyl halides is 1. The van der Waals surface area contributed by atoms with Gasteiger partial charge in [0.1, 0.15) is 11.9 Å². The Kier molecular flexibility index (Phi) is 4.86. The van der Waals surface area contributed by atoms with E-state index in [-0.39, 0.29) is 23.4 Å². The Balaban J connectivity index is 2.99. The molecule has 1 aromatic rings. The Morgan fingerprint density at radius 2 is 2.12 bits per heavy atom. The molecule has 16 heavy (non-hydrogen) atoms. The van der Waals surface area contributed by atoms with Crippen LogP contribution >= 0.6 is 11.6 Å². The van der Waals surface area contributed by atoms with Gasteiger partial charge in [0.25, 0.3) is 0 Å². The number of carbonyl (C=O) groups excluding carboxylic acids is 1.